The Kier molecular flexibility index (Phi) is 5.50. The van der Waals surface area contributed by atoms with Crippen LogP contribution in [0.1, 0.15) is 55.2 Å². The van der Waals surface area contributed by atoms with Gasteiger partial charge in [0.15, 0.2) is 21.8 Å². The molecule has 1 aromatic carbocycles. The van der Waals surface area contributed by atoms with Crippen molar-refractivity contribution in [3.63, 3.8) is 0 Å². The van der Waals surface area contributed by atoms with Crippen molar-refractivity contribution in [1.29, 1.82) is 0 Å². The zero-order valence-corrected chi connectivity index (χ0v) is 20.9. The molecule has 0 spiro atoms. The number of benzene rings is 1. The Hall–Kier alpha value is -2.77. The average molecular weight is 550 g/mol. The third-order valence-electron chi connectivity index (χ3n) is 7.63. The molecule has 1 aromatic heterocycles. The minimum atomic E-state index is -4.50. The van der Waals surface area contributed by atoms with Crippen molar-refractivity contribution in [3.05, 3.63) is 35.5 Å². The quantitative estimate of drug-likeness (QED) is 0.483. The van der Waals surface area contributed by atoms with E-state index in [4.69, 9.17) is 9.26 Å². The summed E-state index contributed by atoms with van der Waals surface area (Å²) in [7, 11) is -3.73. The van der Waals surface area contributed by atoms with Crippen LogP contribution in [0.15, 0.2) is 27.6 Å². The number of ether oxygens (including phenoxy) is 1. The molecule has 8 nitrogen and oxygen atoms in total. The van der Waals surface area contributed by atoms with Crippen molar-refractivity contribution in [2.45, 2.75) is 67.0 Å². The van der Waals surface area contributed by atoms with Gasteiger partial charge in [-0.05, 0) is 50.3 Å². The maximum atomic E-state index is 13.8. The monoisotopic (exact) mass is 549 g/mol. The molecule has 14 heteroatoms. The highest BCUT2D eigenvalue weighted by atomic mass is 32.2. The minimum Gasteiger partial charge on any atom is -0.484 e. The first-order chi connectivity index (χ1) is 17.0. The van der Waals surface area contributed by atoms with Crippen molar-refractivity contribution >= 4 is 15.7 Å². The van der Waals surface area contributed by atoms with E-state index in [0.29, 0.717) is 13.3 Å². The number of hydrogen-bond acceptors (Lipinski definition) is 7. The van der Waals surface area contributed by atoms with Gasteiger partial charge in [-0.1, -0.05) is 5.16 Å². The molecule has 3 atom stereocenters. The van der Waals surface area contributed by atoms with Crippen LogP contribution >= 0.6 is 0 Å². The summed E-state index contributed by atoms with van der Waals surface area (Å²) in [5, 5.41) is 3.60. The Morgan fingerprint density at radius 2 is 1.92 bits per heavy atom. The molecule has 2 aromatic rings. The van der Waals surface area contributed by atoms with Crippen molar-refractivity contribution in [2.24, 2.45) is 5.92 Å². The first-order valence-electron chi connectivity index (χ1n) is 11.6. The molecule has 0 N–H and O–H groups in total. The highest BCUT2D eigenvalue weighted by Crippen LogP contribution is 2.61. The standard InChI is InChI=1S/C23H24F5N3O5S/c1-12(20(2,24)25)35-16-5-4-14(37(3,33)34)8-15(16)17(32)31-10-13-9-21(13,11-31)19-29-18(30-36-19)22(6-7-22)23(26,27)28/h4-5,8,12-13H,6-7,9-11H2,1-3H3/t12-,13?,21?/m1/s1. The average Bonchev–Trinajstić information content (AvgIpc) is 3.63. The number of halogens is 5. The van der Waals surface area contributed by atoms with Gasteiger partial charge in [-0.15, -0.1) is 0 Å². The number of carbonyl (C=O) groups excluding carboxylic acids is 1. The number of rotatable bonds is 7. The molecule has 5 rings (SSSR count). The molecule has 2 aliphatic carbocycles. The summed E-state index contributed by atoms with van der Waals surface area (Å²) in [5.74, 6) is -4.63. The zero-order valence-electron chi connectivity index (χ0n) is 20.1. The van der Waals surface area contributed by atoms with Crippen LogP contribution in [0.3, 0.4) is 0 Å². The van der Waals surface area contributed by atoms with E-state index < -0.39 is 50.6 Å². The maximum absolute atomic E-state index is 13.8. The van der Waals surface area contributed by atoms with Gasteiger partial charge in [-0.2, -0.15) is 18.2 Å². The van der Waals surface area contributed by atoms with Crippen molar-refractivity contribution in [2.75, 3.05) is 19.3 Å². The summed E-state index contributed by atoms with van der Waals surface area (Å²) in [6.45, 7) is 2.02. The van der Waals surface area contributed by atoms with Gasteiger partial charge in [0.05, 0.1) is 15.9 Å². The largest absolute Gasteiger partial charge is 0.484 e. The molecule has 0 radical (unpaired) electrons. The van der Waals surface area contributed by atoms with Crippen LogP contribution in [0.4, 0.5) is 22.0 Å². The van der Waals surface area contributed by atoms with Gasteiger partial charge in [0.2, 0.25) is 5.89 Å². The van der Waals surface area contributed by atoms with E-state index in [1.807, 2.05) is 0 Å². The maximum Gasteiger partial charge on any atom is 0.401 e. The van der Waals surface area contributed by atoms with Crippen LogP contribution in [0, 0.1) is 5.92 Å². The summed E-state index contributed by atoms with van der Waals surface area (Å²) < 4.78 is 103. The van der Waals surface area contributed by atoms with Gasteiger partial charge < -0.3 is 14.2 Å². The van der Waals surface area contributed by atoms with Crippen molar-refractivity contribution < 1.29 is 44.4 Å². The number of likely N-dealkylation sites (tertiary alicyclic amines) is 1. The van der Waals surface area contributed by atoms with Crippen molar-refractivity contribution in [1.82, 2.24) is 15.0 Å². The second-order valence-electron chi connectivity index (χ2n) is 10.4. The van der Waals surface area contributed by atoms with E-state index in [1.165, 1.54) is 11.0 Å². The molecule has 1 amide bonds. The lowest BCUT2D eigenvalue weighted by molar-refractivity contribution is -0.162. The molecule has 37 heavy (non-hydrogen) atoms. The molecule has 3 fully saturated rings. The number of amides is 1. The normalized spacial score (nSPS) is 25.5. The fourth-order valence-electron chi connectivity index (χ4n) is 4.82. The van der Waals surface area contributed by atoms with E-state index in [0.717, 1.165) is 25.3 Å². The number of aromatic nitrogens is 2. The van der Waals surface area contributed by atoms with Crippen LogP contribution in [-0.4, -0.2) is 66.9 Å². The van der Waals surface area contributed by atoms with Crippen molar-refractivity contribution in [3.8, 4) is 5.75 Å². The van der Waals surface area contributed by atoms with Crippen LogP contribution in [0.25, 0.3) is 0 Å². The predicted octanol–water partition coefficient (Wildman–Crippen LogP) is 3.90. The summed E-state index contributed by atoms with van der Waals surface area (Å²) >= 11 is 0. The second-order valence-corrected chi connectivity index (χ2v) is 12.4. The minimum absolute atomic E-state index is 0.0268. The summed E-state index contributed by atoms with van der Waals surface area (Å²) in [6, 6.07) is 3.41. The van der Waals surface area contributed by atoms with Gasteiger partial charge in [-0.25, -0.2) is 17.2 Å². The van der Waals surface area contributed by atoms with E-state index in [1.54, 1.807) is 0 Å². The summed E-state index contributed by atoms with van der Waals surface area (Å²) in [6.07, 6.45) is -4.87. The Balaban J connectivity index is 1.41. The fourth-order valence-corrected chi connectivity index (χ4v) is 5.47. The SMILES string of the molecule is C[C@@H](Oc1ccc(S(C)(=O)=O)cc1C(=O)N1CC2CC2(c2nc(C3(C(F)(F)F)CC3)no2)C1)C(C)(F)F. The number of fused-ring (bicyclic) bond motifs is 1. The third kappa shape index (κ3) is 4.26. The molecule has 0 bridgehead atoms. The number of carbonyl (C=O) groups is 1. The van der Waals surface area contributed by atoms with E-state index >= 15 is 0 Å². The van der Waals surface area contributed by atoms with Gasteiger partial charge in [0, 0.05) is 26.3 Å². The Morgan fingerprint density at radius 1 is 1.24 bits per heavy atom. The fraction of sp³-hybridized carbons (Fsp3) is 0.609. The van der Waals surface area contributed by atoms with Gasteiger partial charge in [0.1, 0.15) is 11.2 Å². The van der Waals surface area contributed by atoms with Gasteiger partial charge in [-0.3, -0.25) is 4.79 Å². The zero-order chi connectivity index (χ0) is 27.2. The van der Waals surface area contributed by atoms with Crippen LogP contribution < -0.4 is 4.74 Å². The highest BCUT2D eigenvalue weighted by Gasteiger charge is 2.69. The first-order valence-corrected chi connectivity index (χ1v) is 13.5. The van der Waals surface area contributed by atoms with Gasteiger partial charge >= 0.3 is 6.18 Å². The smallest absolute Gasteiger partial charge is 0.401 e. The molecule has 3 aliphatic rings. The molecular formula is C23H24F5N3O5S. The lowest BCUT2D eigenvalue weighted by Crippen LogP contribution is -2.35. The summed E-state index contributed by atoms with van der Waals surface area (Å²) in [4.78, 5) is 18.7. The number of nitrogens with zero attached hydrogens (tertiary/aromatic N) is 3. The first kappa shape index (κ1) is 25.9. The Labute approximate surface area is 209 Å². The number of sulfone groups is 1. The number of piperidine rings is 1. The van der Waals surface area contributed by atoms with Crippen LogP contribution in [0.2, 0.25) is 0 Å². The topological polar surface area (TPSA) is 103 Å². The molecule has 2 heterocycles. The van der Waals surface area contributed by atoms with E-state index in [-0.39, 0.29) is 53.9 Å². The van der Waals surface area contributed by atoms with E-state index in [9.17, 15) is 35.2 Å². The summed E-state index contributed by atoms with van der Waals surface area (Å²) in [5.41, 5.74) is -3.11. The van der Waals surface area contributed by atoms with E-state index in [2.05, 4.69) is 10.1 Å². The third-order valence-corrected chi connectivity index (χ3v) is 8.74. The molecule has 1 aliphatic heterocycles. The highest BCUT2D eigenvalue weighted by molar-refractivity contribution is 7.90. The lowest BCUT2D eigenvalue weighted by Gasteiger charge is -2.25. The number of hydrogen-bond donors (Lipinski definition) is 0. The number of alkyl halides is 5. The lowest BCUT2D eigenvalue weighted by atomic mass is 10.0. The molecular weight excluding hydrogens is 525 g/mol. The Morgan fingerprint density at radius 3 is 2.49 bits per heavy atom. The molecule has 2 unspecified atom stereocenters. The second kappa shape index (κ2) is 7.87. The molecule has 202 valence electrons. The molecule has 1 saturated heterocycles. The predicted molar refractivity (Wildman–Crippen MR) is 117 cm³/mol. The Bertz CT molecular complexity index is 1370. The molecule has 2 saturated carbocycles. The van der Waals surface area contributed by atoms with Gasteiger partial charge in [0.25, 0.3) is 11.8 Å². The van der Waals surface area contributed by atoms with Crippen LogP contribution in [0.5, 0.6) is 5.75 Å². The van der Waals surface area contributed by atoms with Crippen LogP contribution in [-0.2, 0) is 20.7 Å².